The molecule has 4 heteroatoms. The molecule has 0 aromatic heterocycles. The van der Waals surface area contributed by atoms with Gasteiger partial charge in [0.1, 0.15) is 5.82 Å². The van der Waals surface area contributed by atoms with Crippen LogP contribution in [0, 0.1) is 5.82 Å². The van der Waals surface area contributed by atoms with E-state index >= 15 is 0 Å². The molecular formula is C16H18FNO2. The highest BCUT2D eigenvalue weighted by atomic mass is 19.1. The fraction of sp³-hybridized carbons (Fsp3) is 0.438. The third-order valence-corrected chi connectivity index (χ3v) is 4.54. The van der Waals surface area contributed by atoms with E-state index in [9.17, 15) is 9.18 Å². The Hall–Kier alpha value is -1.68. The summed E-state index contributed by atoms with van der Waals surface area (Å²) in [6.45, 7) is 0. The van der Waals surface area contributed by atoms with Gasteiger partial charge in [-0.2, -0.15) is 0 Å². The van der Waals surface area contributed by atoms with Gasteiger partial charge in [0.05, 0.1) is 12.7 Å². The van der Waals surface area contributed by atoms with Crippen molar-refractivity contribution in [3.8, 4) is 0 Å². The lowest BCUT2D eigenvalue weighted by Gasteiger charge is -2.34. The number of halogens is 1. The second-order valence-corrected chi connectivity index (χ2v) is 5.51. The Bertz CT molecular complexity index is 564. The number of rotatable bonds is 2. The van der Waals surface area contributed by atoms with Crippen molar-refractivity contribution in [2.75, 3.05) is 14.2 Å². The number of likely N-dealkylation sites (N-methyl/N-ethyl adjacent to an activating group) is 1. The number of carbonyl (C=O) groups excluding carboxylic acids is 1. The fourth-order valence-corrected chi connectivity index (χ4v) is 3.45. The van der Waals surface area contributed by atoms with Gasteiger partial charge < -0.3 is 4.74 Å². The fourth-order valence-electron chi connectivity index (χ4n) is 3.45. The summed E-state index contributed by atoms with van der Waals surface area (Å²) in [5, 5.41) is 0. The van der Waals surface area contributed by atoms with Crippen molar-refractivity contribution < 1.29 is 13.9 Å². The minimum atomic E-state index is -0.262. The van der Waals surface area contributed by atoms with E-state index in [4.69, 9.17) is 4.74 Å². The number of hydrogen-bond donors (Lipinski definition) is 0. The zero-order valence-corrected chi connectivity index (χ0v) is 11.7. The maximum absolute atomic E-state index is 13.1. The van der Waals surface area contributed by atoms with Crippen LogP contribution in [-0.2, 0) is 9.53 Å². The summed E-state index contributed by atoms with van der Waals surface area (Å²) in [7, 11) is 3.48. The van der Waals surface area contributed by atoms with E-state index in [0.29, 0.717) is 6.04 Å². The highest BCUT2D eigenvalue weighted by molar-refractivity contribution is 5.99. The van der Waals surface area contributed by atoms with Gasteiger partial charge in [-0.1, -0.05) is 12.1 Å². The summed E-state index contributed by atoms with van der Waals surface area (Å²) in [6, 6.07) is 6.97. The third kappa shape index (κ3) is 2.04. The van der Waals surface area contributed by atoms with E-state index in [2.05, 4.69) is 11.9 Å². The lowest BCUT2D eigenvalue weighted by molar-refractivity contribution is -0.136. The highest BCUT2D eigenvalue weighted by Crippen LogP contribution is 2.42. The minimum absolute atomic E-state index is 0.126. The molecular weight excluding hydrogens is 257 g/mol. The monoisotopic (exact) mass is 275 g/mol. The van der Waals surface area contributed by atoms with Gasteiger partial charge in [0.25, 0.3) is 0 Å². The van der Waals surface area contributed by atoms with Gasteiger partial charge in [-0.3, -0.25) is 4.90 Å². The quantitative estimate of drug-likeness (QED) is 0.777. The third-order valence-electron chi connectivity index (χ3n) is 4.54. The average molecular weight is 275 g/mol. The van der Waals surface area contributed by atoms with Gasteiger partial charge >= 0.3 is 5.97 Å². The molecule has 0 amide bonds. The molecule has 1 aromatic carbocycles. The van der Waals surface area contributed by atoms with Crippen LogP contribution >= 0.6 is 0 Å². The number of ether oxygens (including phenoxy) is 1. The van der Waals surface area contributed by atoms with Crippen molar-refractivity contribution in [1.82, 2.24) is 4.90 Å². The van der Waals surface area contributed by atoms with E-state index in [0.717, 1.165) is 36.0 Å². The van der Waals surface area contributed by atoms with Crippen LogP contribution in [0.15, 0.2) is 29.8 Å². The topological polar surface area (TPSA) is 29.5 Å². The molecule has 0 N–H and O–H groups in total. The maximum Gasteiger partial charge on any atom is 0.335 e. The largest absolute Gasteiger partial charge is 0.466 e. The molecule has 1 aromatic rings. The lowest BCUT2D eigenvalue weighted by Crippen LogP contribution is -2.40. The summed E-state index contributed by atoms with van der Waals surface area (Å²) < 4.78 is 18.1. The van der Waals surface area contributed by atoms with Crippen molar-refractivity contribution >= 4 is 11.5 Å². The molecule has 2 aliphatic heterocycles. The molecule has 0 saturated carbocycles. The van der Waals surface area contributed by atoms with Gasteiger partial charge in [0, 0.05) is 12.1 Å². The second kappa shape index (κ2) is 5.02. The molecule has 2 heterocycles. The Kier molecular flexibility index (Phi) is 3.34. The summed E-state index contributed by atoms with van der Waals surface area (Å²) in [6.07, 6.45) is 2.89. The van der Waals surface area contributed by atoms with Gasteiger partial charge in [0.2, 0.25) is 0 Å². The number of esters is 1. The van der Waals surface area contributed by atoms with Crippen LogP contribution < -0.4 is 0 Å². The predicted molar refractivity (Wildman–Crippen MR) is 74.5 cm³/mol. The summed E-state index contributed by atoms with van der Waals surface area (Å²) in [4.78, 5) is 14.4. The minimum Gasteiger partial charge on any atom is -0.466 e. The van der Waals surface area contributed by atoms with Crippen LogP contribution in [0.3, 0.4) is 0 Å². The van der Waals surface area contributed by atoms with Crippen LogP contribution in [0.25, 0.3) is 5.57 Å². The normalized spacial score (nSPS) is 25.9. The molecule has 106 valence electrons. The Morgan fingerprint density at radius 3 is 2.65 bits per heavy atom. The van der Waals surface area contributed by atoms with Crippen LogP contribution in [0.4, 0.5) is 4.39 Å². The van der Waals surface area contributed by atoms with Crippen LogP contribution in [0.5, 0.6) is 0 Å². The highest BCUT2D eigenvalue weighted by Gasteiger charge is 2.42. The molecule has 0 aliphatic carbocycles. The second-order valence-electron chi connectivity index (χ2n) is 5.51. The zero-order chi connectivity index (χ0) is 14.3. The van der Waals surface area contributed by atoms with E-state index in [-0.39, 0.29) is 17.8 Å². The van der Waals surface area contributed by atoms with Gasteiger partial charge in [-0.15, -0.1) is 0 Å². The molecule has 2 aliphatic rings. The number of carbonyl (C=O) groups is 1. The number of hydrogen-bond acceptors (Lipinski definition) is 3. The Balaban J connectivity index is 2.10. The summed E-state index contributed by atoms with van der Waals surface area (Å²) in [5.41, 5.74) is 2.69. The standard InChI is InChI=1S/C16H18FNO2/c1-18-12-7-8-14(18)15(16(19)20-2)13(9-12)10-3-5-11(17)6-4-10/h3-6,12,14H,7-9H2,1-2H3/t12-,14?/m1/s1. The van der Waals surface area contributed by atoms with Crippen molar-refractivity contribution in [3.05, 3.63) is 41.2 Å². The molecule has 3 nitrogen and oxygen atoms in total. The SMILES string of the molecule is COC(=O)C1=C(c2ccc(F)cc2)C[C@H]2CCC1N2C. The average Bonchev–Trinajstić information content (AvgIpc) is 2.70. The molecule has 1 fully saturated rings. The molecule has 20 heavy (non-hydrogen) atoms. The predicted octanol–water partition coefficient (Wildman–Crippen LogP) is 2.62. The first-order valence-electron chi connectivity index (χ1n) is 6.91. The zero-order valence-electron chi connectivity index (χ0n) is 11.7. The number of nitrogens with zero attached hydrogens (tertiary/aromatic N) is 1. The smallest absolute Gasteiger partial charge is 0.335 e. The van der Waals surface area contributed by atoms with Gasteiger partial charge in [-0.05, 0) is 49.6 Å². The summed E-state index contributed by atoms with van der Waals surface area (Å²) in [5.74, 6) is -0.522. The molecule has 2 atom stereocenters. The number of benzene rings is 1. The van der Waals surface area contributed by atoms with Crippen molar-refractivity contribution in [2.24, 2.45) is 0 Å². The number of fused-ring (bicyclic) bond motifs is 2. The first-order chi connectivity index (χ1) is 9.61. The first-order valence-corrected chi connectivity index (χ1v) is 6.91. The molecule has 1 unspecified atom stereocenters. The number of methoxy groups -OCH3 is 1. The Morgan fingerprint density at radius 2 is 2.00 bits per heavy atom. The maximum atomic E-state index is 13.1. The van der Waals surface area contributed by atoms with E-state index in [1.165, 1.54) is 19.2 Å². The van der Waals surface area contributed by atoms with Crippen molar-refractivity contribution in [3.63, 3.8) is 0 Å². The lowest BCUT2D eigenvalue weighted by atomic mass is 9.88. The molecule has 3 rings (SSSR count). The van der Waals surface area contributed by atoms with E-state index in [1.54, 1.807) is 12.1 Å². The summed E-state index contributed by atoms with van der Waals surface area (Å²) >= 11 is 0. The van der Waals surface area contributed by atoms with Crippen LogP contribution in [-0.4, -0.2) is 37.1 Å². The first kappa shape index (κ1) is 13.3. The van der Waals surface area contributed by atoms with Gasteiger partial charge in [0.15, 0.2) is 0 Å². The Morgan fingerprint density at radius 1 is 1.30 bits per heavy atom. The van der Waals surface area contributed by atoms with Crippen LogP contribution in [0.2, 0.25) is 0 Å². The Labute approximate surface area is 118 Å². The molecule has 2 bridgehead atoms. The van der Waals surface area contributed by atoms with Crippen LogP contribution in [0.1, 0.15) is 24.8 Å². The molecule has 1 saturated heterocycles. The van der Waals surface area contributed by atoms with Crippen molar-refractivity contribution in [2.45, 2.75) is 31.3 Å². The molecule has 0 spiro atoms. The van der Waals surface area contributed by atoms with E-state index in [1.807, 2.05) is 0 Å². The van der Waals surface area contributed by atoms with Crippen molar-refractivity contribution in [1.29, 1.82) is 0 Å². The van der Waals surface area contributed by atoms with E-state index < -0.39 is 0 Å². The molecule has 0 radical (unpaired) electrons. The van der Waals surface area contributed by atoms with Gasteiger partial charge in [-0.25, -0.2) is 9.18 Å².